The van der Waals surface area contributed by atoms with Crippen LogP contribution in [0, 0.1) is 11.3 Å². The van der Waals surface area contributed by atoms with Crippen molar-refractivity contribution in [3.05, 3.63) is 35.9 Å². The van der Waals surface area contributed by atoms with Crippen LogP contribution in [0.25, 0.3) is 0 Å². The molecule has 1 aromatic rings. The van der Waals surface area contributed by atoms with Gasteiger partial charge in [0.1, 0.15) is 5.78 Å². The summed E-state index contributed by atoms with van der Waals surface area (Å²) in [4.78, 5) is 14.9. The van der Waals surface area contributed by atoms with Gasteiger partial charge in [-0.3, -0.25) is 9.69 Å². The topological polar surface area (TPSA) is 20.3 Å². The average molecular weight is 273 g/mol. The van der Waals surface area contributed by atoms with Crippen LogP contribution >= 0.6 is 0 Å². The molecule has 20 heavy (non-hydrogen) atoms. The molecule has 0 saturated heterocycles. The van der Waals surface area contributed by atoms with Crippen LogP contribution in [0.5, 0.6) is 0 Å². The molecular formula is C18H27NO. The highest BCUT2D eigenvalue weighted by Crippen LogP contribution is 2.35. The number of hydrogen-bond acceptors (Lipinski definition) is 2. The molecule has 0 aromatic heterocycles. The second-order valence-electron chi connectivity index (χ2n) is 6.65. The van der Waals surface area contributed by atoms with E-state index in [4.69, 9.17) is 0 Å². The Morgan fingerprint density at radius 2 is 1.95 bits per heavy atom. The van der Waals surface area contributed by atoms with Crippen molar-refractivity contribution in [2.75, 3.05) is 13.1 Å². The fraction of sp³-hybridized carbons (Fsp3) is 0.611. The molecule has 1 atom stereocenters. The first-order chi connectivity index (χ1) is 9.53. The normalized spacial score (nSPS) is 22.2. The Bertz CT molecular complexity index is 438. The Morgan fingerprint density at radius 1 is 1.25 bits per heavy atom. The highest BCUT2D eigenvalue weighted by molar-refractivity contribution is 5.87. The lowest BCUT2D eigenvalue weighted by Gasteiger charge is -2.36. The zero-order valence-electron chi connectivity index (χ0n) is 13.1. The Morgan fingerprint density at radius 3 is 2.60 bits per heavy atom. The van der Waals surface area contributed by atoms with Crippen LogP contribution in [0.1, 0.15) is 45.6 Å². The Hall–Kier alpha value is -1.15. The minimum atomic E-state index is -0.116. The van der Waals surface area contributed by atoms with E-state index >= 15 is 0 Å². The third-order valence-corrected chi connectivity index (χ3v) is 4.57. The number of hydrogen-bond donors (Lipinski definition) is 0. The van der Waals surface area contributed by atoms with Crippen molar-refractivity contribution in [1.82, 2.24) is 4.90 Å². The van der Waals surface area contributed by atoms with Crippen molar-refractivity contribution in [2.45, 2.75) is 46.6 Å². The molecule has 0 spiro atoms. The van der Waals surface area contributed by atoms with Crippen molar-refractivity contribution in [3.63, 3.8) is 0 Å². The lowest BCUT2D eigenvalue weighted by atomic mass is 9.71. The van der Waals surface area contributed by atoms with E-state index in [9.17, 15) is 4.79 Å². The number of Topliss-reactive ketones (excluding diaryl/α,β-unsaturated/α-hetero) is 1. The zero-order valence-corrected chi connectivity index (χ0v) is 13.1. The SMILES string of the molecule is CCN(Cc1ccccc1)CC1CCCC(C)(C)C1=O. The molecule has 1 saturated carbocycles. The Balaban J connectivity index is 1.98. The summed E-state index contributed by atoms with van der Waals surface area (Å²) in [6.45, 7) is 9.25. The van der Waals surface area contributed by atoms with Crippen molar-refractivity contribution in [1.29, 1.82) is 0 Å². The fourth-order valence-electron chi connectivity index (χ4n) is 3.23. The molecule has 2 rings (SSSR count). The molecule has 2 nitrogen and oxygen atoms in total. The van der Waals surface area contributed by atoms with Crippen molar-refractivity contribution in [3.8, 4) is 0 Å². The third kappa shape index (κ3) is 3.69. The van der Waals surface area contributed by atoms with Gasteiger partial charge in [0, 0.05) is 24.4 Å². The Labute approximate surface area is 123 Å². The van der Waals surface area contributed by atoms with Gasteiger partial charge in [0.15, 0.2) is 0 Å². The first-order valence-corrected chi connectivity index (χ1v) is 7.83. The maximum Gasteiger partial charge on any atom is 0.142 e. The maximum atomic E-state index is 12.5. The van der Waals surface area contributed by atoms with Gasteiger partial charge < -0.3 is 0 Å². The smallest absolute Gasteiger partial charge is 0.142 e. The Kier molecular flexibility index (Phi) is 4.98. The maximum absolute atomic E-state index is 12.5. The molecule has 110 valence electrons. The van der Waals surface area contributed by atoms with E-state index in [1.165, 1.54) is 12.0 Å². The molecule has 0 radical (unpaired) electrons. The molecule has 0 bridgehead atoms. The summed E-state index contributed by atoms with van der Waals surface area (Å²) >= 11 is 0. The standard InChI is InChI=1S/C18H27NO/c1-4-19(13-15-9-6-5-7-10-15)14-16-11-8-12-18(2,3)17(16)20/h5-7,9-10,16H,4,8,11-14H2,1-3H3. The van der Waals surface area contributed by atoms with Gasteiger partial charge in [0.2, 0.25) is 0 Å². The highest BCUT2D eigenvalue weighted by atomic mass is 16.1. The van der Waals surface area contributed by atoms with Crippen LogP contribution in [0.4, 0.5) is 0 Å². The van der Waals surface area contributed by atoms with Crippen LogP contribution in [0.15, 0.2) is 30.3 Å². The van der Waals surface area contributed by atoms with E-state index in [1.54, 1.807) is 0 Å². The molecule has 0 heterocycles. The van der Waals surface area contributed by atoms with Crippen molar-refractivity contribution in [2.24, 2.45) is 11.3 Å². The van der Waals surface area contributed by atoms with E-state index in [0.29, 0.717) is 5.78 Å². The number of carbonyl (C=O) groups excluding carboxylic acids is 1. The lowest BCUT2D eigenvalue weighted by molar-refractivity contribution is -0.135. The van der Waals surface area contributed by atoms with Gasteiger partial charge in [0.25, 0.3) is 0 Å². The molecule has 0 aliphatic heterocycles. The second-order valence-corrected chi connectivity index (χ2v) is 6.65. The van der Waals surface area contributed by atoms with Gasteiger partial charge in [-0.1, -0.05) is 57.5 Å². The predicted octanol–water partition coefficient (Wildman–Crippen LogP) is 3.90. The minimum Gasteiger partial charge on any atom is -0.299 e. The zero-order chi connectivity index (χ0) is 14.6. The molecule has 0 N–H and O–H groups in total. The number of ketones is 1. The third-order valence-electron chi connectivity index (χ3n) is 4.57. The largest absolute Gasteiger partial charge is 0.299 e. The molecule has 1 aromatic carbocycles. The highest BCUT2D eigenvalue weighted by Gasteiger charge is 2.37. The quantitative estimate of drug-likeness (QED) is 0.811. The van der Waals surface area contributed by atoms with Gasteiger partial charge >= 0.3 is 0 Å². The number of nitrogens with zero attached hydrogens (tertiary/aromatic N) is 1. The summed E-state index contributed by atoms with van der Waals surface area (Å²) in [7, 11) is 0. The molecule has 1 fully saturated rings. The van der Waals surface area contributed by atoms with E-state index in [1.807, 2.05) is 6.07 Å². The van der Waals surface area contributed by atoms with E-state index in [0.717, 1.165) is 32.5 Å². The van der Waals surface area contributed by atoms with E-state index < -0.39 is 0 Å². The predicted molar refractivity (Wildman–Crippen MR) is 83.5 cm³/mol. The fourth-order valence-corrected chi connectivity index (χ4v) is 3.23. The van der Waals surface area contributed by atoms with Crippen LogP contribution in [-0.4, -0.2) is 23.8 Å². The molecular weight excluding hydrogens is 246 g/mol. The molecule has 1 aliphatic carbocycles. The van der Waals surface area contributed by atoms with Crippen LogP contribution < -0.4 is 0 Å². The van der Waals surface area contributed by atoms with Gasteiger partial charge in [0.05, 0.1) is 0 Å². The van der Waals surface area contributed by atoms with Gasteiger partial charge in [-0.15, -0.1) is 0 Å². The summed E-state index contributed by atoms with van der Waals surface area (Å²) in [5.41, 5.74) is 1.21. The van der Waals surface area contributed by atoms with Gasteiger partial charge in [-0.05, 0) is 24.9 Å². The summed E-state index contributed by atoms with van der Waals surface area (Å²) < 4.78 is 0. The average Bonchev–Trinajstić information content (AvgIpc) is 2.44. The number of benzene rings is 1. The number of rotatable bonds is 5. The number of carbonyl (C=O) groups is 1. The summed E-state index contributed by atoms with van der Waals surface area (Å²) in [5.74, 6) is 0.692. The first-order valence-electron chi connectivity index (χ1n) is 7.83. The molecule has 2 heteroatoms. The summed E-state index contributed by atoms with van der Waals surface area (Å²) in [6, 6.07) is 10.5. The van der Waals surface area contributed by atoms with Crippen LogP contribution in [0.3, 0.4) is 0 Å². The van der Waals surface area contributed by atoms with Crippen molar-refractivity contribution < 1.29 is 4.79 Å². The van der Waals surface area contributed by atoms with Crippen LogP contribution in [0.2, 0.25) is 0 Å². The van der Waals surface area contributed by atoms with Gasteiger partial charge in [-0.2, -0.15) is 0 Å². The van der Waals surface area contributed by atoms with Crippen molar-refractivity contribution >= 4 is 5.78 Å². The van der Waals surface area contributed by atoms with E-state index in [-0.39, 0.29) is 11.3 Å². The lowest BCUT2D eigenvalue weighted by Crippen LogP contribution is -2.41. The van der Waals surface area contributed by atoms with E-state index in [2.05, 4.69) is 49.9 Å². The molecule has 0 amide bonds. The minimum absolute atomic E-state index is 0.116. The second kappa shape index (κ2) is 6.53. The van der Waals surface area contributed by atoms with Crippen LogP contribution in [-0.2, 0) is 11.3 Å². The summed E-state index contributed by atoms with van der Waals surface area (Å²) in [6.07, 6.45) is 3.30. The molecule has 1 unspecified atom stereocenters. The van der Waals surface area contributed by atoms with Gasteiger partial charge in [-0.25, -0.2) is 0 Å². The first kappa shape index (κ1) is 15.2. The monoisotopic (exact) mass is 273 g/mol. The molecule has 1 aliphatic rings. The summed E-state index contributed by atoms with van der Waals surface area (Å²) in [5, 5.41) is 0.